The van der Waals surface area contributed by atoms with Crippen LogP contribution in [0.4, 0.5) is 0 Å². The Morgan fingerprint density at radius 3 is 2.06 bits per heavy atom. The zero-order chi connectivity index (χ0) is 22.0. The van der Waals surface area contributed by atoms with Crippen molar-refractivity contribution in [2.45, 2.75) is 37.8 Å². The van der Waals surface area contributed by atoms with Gasteiger partial charge in [0.15, 0.2) is 5.60 Å². The van der Waals surface area contributed by atoms with E-state index in [1.807, 2.05) is 60.7 Å². The van der Waals surface area contributed by atoms with E-state index in [4.69, 9.17) is 0 Å². The van der Waals surface area contributed by atoms with Crippen LogP contribution >= 0.6 is 0 Å². The highest BCUT2D eigenvalue weighted by molar-refractivity contribution is 7.89. The van der Waals surface area contributed by atoms with Crippen LogP contribution in [-0.2, 0) is 10.0 Å². The maximum absolute atomic E-state index is 13.0. The van der Waals surface area contributed by atoms with Gasteiger partial charge < -0.3 is 5.11 Å². The van der Waals surface area contributed by atoms with Crippen molar-refractivity contribution >= 4 is 10.0 Å². The van der Waals surface area contributed by atoms with Gasteiger partial charge in [-0.1, -0.05) is 73.9 Å². The van der Waals surface area contributed by atoms with E-state index in [0.29, 0.717) is 6.42 Å². The number of fused-ring (bicyclic) bond motifs is 1. The smallest absolute Gasteiger partial charge is 0.213 e. The predicted octanol–water partition coefficient (Wildman–Crippen LogP) is 2.93. The van der Waals surface area contributed by atoms with Gasteiger partial charge in [0.1, 0.15) is 5.54 Å². The number of hydrogen-bond acceptors (Lipinski definition) is 3. The molecule has 3 aliphatic rings. The molecule has 0 radical (unpaired) electrons. The van der Waals surface area contributed by atoms with Crippen LogP contribution in [-0.4, -0.2) is 30.4 Å². The molecule has 5 rings (SSSR count). The van der Waals surface area contributed by atoms with Crippen LogP contribution in [0.25, 0.3) is 0 Å². The lowest BCUT2D eigenvalue weighted by molar-refractivity contribution is -0.0207. The lowest BCUT2D eigenvalue weighted by Crippen LogP contribution is -2.65. The second-order valence-electron chi connectivity index (χ2n) is 9.50. The highest BCUT2D eigenvalue weighted by Crippen LogP contribution is 2.75. The minimum Gasteiger partial charge on any atom is -0.374 e. The average Bonchev–Trinajstić information content (AvgIpc) is 3.20. The number of sulfonamides is 1. The quantitative estimate of drug-likeness (QED) is 0.631. The molecule has 0 aromatic heterocycles. The summed E-state index contributed by atoms with van der Waals surface area (Å²) in [5, 5.41) is 12.2. The Morgan fingerprint density at radius 2 is 1.48 bits per heavy atom. The molecule has 1 heterocycles. The summed E-state index contributed by atoms with van der Waals surface area (Å²) in [4.78, 5) is 0. The van der Waals surface area contributed by atoms with Crippen LogP contribution in [0.15, 0.2) is 60.7 Å². The molecule has 31 heavy (non-hydrogen) atoms. The summed E-state index contributed by atoms with van der Waals surface area (Å²) < 4.78 is 28.7. The summed E-state index contributed by atoms with van der Waals surface area (Å²) in [6.45, 7) is 4.13. The van der Waals surface area contributed by atoms with Crippen LogP contribution in [0.5, 0.6) is 0 Å². The second-order valence-corrected chi connectivity index (χ2v) is 11.2. The Kier molecular flexibility index (Phi) is 4.24. The normalized spacial score (nSPS) is 36.0. The van der Waals surface area contributed by atoms with Gasteiger partial charge >= 0.3 is 0 Å². The van der Waals surface area contributed by atoms with Gasteiger partial charge in [-0.15, -0.1) is 0 Å². The van der Waals surface area contributed by atoms with Crippen LogP contribution in [0, 0.1) is 40.4 Å². The van der Waals surface area contributed by atoms with Crippen molar-refractivity contribution in [2.75, 3.05) is 5.75 Å². The molecule has 3 fully saturated rings. The minimum atomic E-state index is -3.62. The number of hydrogen-bond donors (Lipinski definition) is 2. The first-order valence-electron chi connectivity index (χ1n) is 10.6. The number of aliphatic hydroxyl groups is 1. The highest BCUT2D eigenvalue weighted by atomic mass is 32.2. The van der Waals surface area contributed by atoms with Crippen molar-refractivity contribution in [3.63, 3.8) is 0 Å². The summed E-state index contributed by atoms with van der Waals surface area (Å²) in [5.41, 5.74) is -2.58. The van der Waals surface area contributed by atoms with Gasteiger partial charge in [-0.25, -0.2) is 8.42 Å². The first-order chi connectivity index (χ1) is 14.7. The maximum atomic E-state index is 13.0. The Labute approximate surface area is 184 Å². The molecule has 2 saturated carbocycles. The molecule has 5 heteroatoms. The molecule has 1 spiro atoms. The Balaban J connectivity index is 1.76. The molecular formula is C26H25NO3S. The fraction of sp³-hybridized carbons (Fsp3) is 0.385. The van der Waals surface area contributed by atoms with Gasteiger partial charge in [0.25, 0.3) is 0 Å². The summed E-state index contributed by atoms with van der Waals surface area (Å²) in [5.74, 6) is 12.4. The zero-order valence-corrected chi connectivity index (χ0v) is 18.5. The lowest BCUT2D eigenvalue weighted by Gasteiger charge is -2.45. The topological polar surface area (TPSA) is 66.4 Å². The molecular weight excluding hydrogens is 406 g/mol. The molecule has 2 aromatic rings. The van der Waals surface area contributed by atoms with Gasteiger partial charge in [0.2, 0.25) is 10.0 Å². The van der Waals surface area contributed by atoms with Crippen molar-refractivity contribution in [3.8, 4) is 23.7 Å². The first-order valence-corrected chi connectivity index (χ1v) is 12.2. The van der Waals surface area contributed by atoms with E-state index in [9.17, 15) is 13.5 Å². The van der Waals surface area contributed by atoms with Crippen LogP contribution in [0.3, 0.4) is 0 Å². The predicted molar refractivity (Wildman–Crippen MR) is 120 cm³/mol. The Hall–Kier alpha value is -2.57. The Morgan fingerprint density at radius 1 is 0.935 bits per heavy atom. The molecule has 2 aliphatic carbocycles. The summed E-state index contributed by atoms with van der Waals surface area (Å²) in [6.07, 6.45) is 1.41. The van der Waals surface area contributed by atoms with Crippen LogP contribution in [0.1, 0.15) is 37.8 Å². The van der Waals surface area contributed by atoms with Crippen molar-refractivity contribution in [2.24, 2.45) is 16.7 Å². The molecule has 0 unspecified atom stereocenters. The summed E-state index contributed by atoms with van der Waals surface area (Å²) in [7, 11) is -3.62. The maximum Gasteiger partial charge on any atom is 0.213 e. The summed E-state index contributed by atoms with van der Waals surface area (Å²) in [6, 6.07) is 18.9. The van der Waals surface area contributed by atoms with Crippen molar-refractivity contribution in [3.05, 3.63) is 71.8 Å². The fourth-order valence-corrected chi connectivity index (χ4v) is 8.69. The van der Waals surface area contributed by atoms with E-state index < -0.39 is 32.0 Å². The zero-order valence-electron chi connectivity index (χ0n) is 17.6. The number of rotatable bonds is 0. The van der Waals surface area contributed by atoms with Gasteiger partial charge in [-0.3, -0.25) is 0 Å². The van der Waals surface area contributed by atoms with E-state index in [2.05, 4.69) is 42.3 Å². The third-order valence-corrected chi connectivity index (χ3v) is 9.33. The van der Waals surface area contributed by atoms with E-state index in [-0.39, 0.29) is 11.7 Å². The molecule has 1 saturated heterocycles. The van der Waals surface area contributed by atoms with E-state index in [0.717, 1.165) is 17.5 Å². The first kappa shape index (κ1) is 20.3. The molecule has 0 amide bonds. The van der Waals surface area contributed by atoms with E-state index in [1.54, 1.807) is 0 Å². The molecule has 4 atom stereocenters. The van der Waals surface area contributed by atoms with Crippen molar-refractivity contribution in [1.82, 2.24) is 4.72 Å². The molecule has 2 bridgehead atoms. The van der Waals surface area contributed by atoms with Gasteiger partial charge in [0.05, 0.1) is 5.75 Å². The highest BCUT2D eigenvalue weighted by Gasteiger charge is 2.85. The van der Waals surface area contributed by atoms with Gasteiger partial charge in [-0.2, -0.15) is 4.72 Å². The monoisotopic (exact) mass is 431 g/mol. The van der Waals surface area contributed by atoms with E-state index in [1.165, 1.54) is 0 Å². The fourth-order valence-electron chi connectivity index (χ4n) is 6.37. The lowest BCUT2D eigenvalue weighted by atomic mass is 9.60. The van der Waals surface area contributed by atoms with Gasteiger partial charge in [-0.05, 0) is 42.5 Å². The largest absolute Gasteiger partial charge is 0.374 e. The molecule has 1 aliphatic heterocycles. The molecule has 2 N–H and O–H groups in total. The average molecular weight is 432 g/mol. The standard InChI is InChI=1S/C26H25NO3S/c1-23(2)22-15-16-24(23)19-31(29,30)27-26(24,18-14-21-11-7-4-8-12-21)25(22,28)17-13-20-9-5-3-6-10-20/h3-12,22,27-28H,15-16,19H2,1-2H3/t22-,24-,25+,26-/m0/s1. The third-order valence-electron chi connectivity index (χ3n) is 7.84. The number of nitrogens with one attached hydrogen (secondary N) is 1. The Bertz CT molecular complexity index is 1260. The third kappa shape index (κ3) is 2.61. The van der Waals surface area contributed by atoms with Crippen molar-refractivity contribution < 1.29 is 13.5 Å². The van der Waals surface area contributed by atoms with Crippen LogP contribution < -0.4 is 4.72 Å². The minimum absolute atomic E-state index is 0.0394. The second kappa shape index (κ2) is 6.47. The van der Waals surface area contributed by atoms with Crippen LogP contribution in [0.2, 0.25) is 0 Å². The van der Waals surface area contributed by atoms with Crippen molar-refractivity contribution in [1.29, 1.82) is 0 Å². The molecule has 158 valence electrons. The van der Waals surface area contributed by atoms with E-state index >= 15 is 0 Å². The summed E-state index contributed by atoms with van der Waals surface area (Å²) >= 11 is 0. The van der Waals surface area contributed by atoms with Gasteiger partial charge in [0, 0.05) is 22.5 Å². The number of benzene rings is 2. The molecule has 4 nitrogen and oxygen atoms in total. The molecule has 2 aromatic carbocycles. The SMILES string of the molecule is CC1(C)[C@@H]2CC[C@]13CS(=O)(=O)N[C@]3(C#Cc1ccccc1)[C@@]2(O)C#Cc1ccccc1.